The SMILES string of the molecule is CCOC(=O)N1CCC(NCC(=O)N(CC)CC)CC1. The van der Waals surface area contributed by atoms with Gasteiger partial charge in [-0.25, -0.2) is 4.79 Å². The highest BCUT2D eigenvalue weighted by atomic mass is 16.6. The molecule has 0 aliphatic carbocycles. The van der Waals surface area contributed by atoms with Crippen molar-refractivity contribution in [2.75, 3.05) is 39.3 Å². The Morgan fingerprint density at radius 2 is 1.80 bits per heavy atom. The Hall–Kier alpha value is -1.30. The third-order valence-corrected chi connectivity index (χ3v) is 3.68. The van der Waals surface area contributed by atoms with Gasteiger partial charge < -0.3 is 19.9 Å². The van der Waals surface area contributed by atoms with Crippen LogP contribution in [-0.2, 0) is 9.53 Å². The van der Waals surface area contributed by atoms with Gasteiger partial charge in [0, 0.05) is 32.2 Å². The number of ether oxygens (including phenoxy) is 1. The molecule has 0 unspecified atom stereocenters. The molecule has 0 aromatic heterocycles. The van der Waals surface area contributed by atoms with Gasteiger partial charge in [-0.1, -0.05) is 0 Å². The Morgan fingerprint density at radius 3 is 2.30 bits per heavy atom. The maximum absolute atomic E-state index is 11.9. The number of piperidine rings is 1. The molecule has 1 saturated heterocycles. The van der Waals surface area contributed by atoms with E-state index in [9.17, 15) is 9.59 Å². The molecule has 1 heterocycles. The first kappa shape index (κ1) is 16.8. The summed E-state index contributed by atoms with van der Waals surface area (Å²) < 4.78 is 4.98. The number of hydrogen-bond donors (Lipinski definition) is 1. The molecule has 1 rings (SSSR count). The molecule has 0 spiro atoms. The van der Waals surface area contributed by atoms with Gasteiger partial charge in [0.15, 0.2) is 0 Å². The summed E-state index contributed by atoms with van der Waals surface area (Å²) in [5.74, 6) is 0.142. The Balaban J connectivity index is 2.25. The fourth-order valence-electron chi connectivity index (χ4n) is 2.40. The molecule has 116 valence electrons. The maximum Gasteiger partial charge on any atom is 0.409 e. The van der Waals surface area contributed by atoms with Gasteiger partial charge in [0.1, 0.15) is 0 Å². The number of likely N-dealkylation sites (tertiary alicyclic amines) is 1. The van der Waals surface area contributed by atoms with E-state index in [1.165, 1.54) is 0 Å². The fourth-order valence-corrected chi connectivity index (χ4v) is 2.40. The standard InChI is InChI=1S/C14H27N3O3/c1-4-16(5-2)13(18)11-15-12-7-9-17(10-8-12)14(19)20-6-3/h12,15H,4-11H2,1-3H3. The lowest BCUT2D eigenvalue weighted by Gasteiger charge is -2.32. The second-order valence-electron chi connectivity index (χ2n) is 4.91. The largest absolute Gasteiger partial charge is 0.450 e. The molecule has 1 fully saturated rings. The van der Waals surface area contributed by atoms with Gasteiger partial charge in [0.05, 0.1) is 13.2 Å². The summed E-state index contributed by atoms with van der Waals surface area (Å²) in [5.41, 5.74) is 0. The van der Waals surface area contributed by atoms with Gasteiger partial charge >= 0.3 is 6.09 Å². The Labute approximate surface area is 121 Å². The average molecular weight is 285 g/mol. The van der Waals surface area contributed by atoms with Gasteiger partial charge in [-0.3, -0.25) is 4.79 Å². The van der Waals surface area contributed by atoms with Crippen LogP contribution in [0.3, 0.4) is 0 Å². The predicted octanol–water partition coefficient (Wildman–Crippen LogP) is 1.07. The highest BCUT2D eigenvalue weighted by molar-refractivity contribution is 5.78. The molecule has 0 aromatic carbocycles. The zero-order valence-electron chi connectivity index (χ0n) is 12.9. The van der Waals surface area contributed by atoms with Crippen LogP contribution in [-0.4, -0.2) is 67.2 Å². The van der Waals surface area contributed by atoms with Crippen LogP contribution in [0.2, 0.25) is 0 Å². The molecule has 0 radical (unpaired) electrons. The number of likely N-dealkylation sites (N-methyl/N-ethyl adjacent to an activating group) is 1. The first-order valence-electron chi connectivity index (χ1n) is 7.55. The third-order valence-electron chi connectivity index (χ3n) is 3.68. The third kappa shape index (κ3) is 5.00. The van der Waals surface area contributed by atoms with Crippen molar-refractivity contribution >= 4 is 12.0 Å². The van der Waals surface area contributed by atoms with Gasteiger partial charge in [-0.2, -0.15) is 0 Å². The number of nitrogens with one attached hydrogen (secondary N) is 1. The summed E-state index contributed by atoms with van der Waals surface area (Å²) in [5, 5.41) is 3.29. The van der Waals surface area contributed by atoms with Crippen LogP contribution < -0.4 is 5.32 Å². The Kier molecular flexibility index (Phi) is 7.36. The number of carbonyl (C=O) groups is 2. The van der Waals surface area contributed by atoms with Crippen molar-refractivity contribution in [3.63, 3.8) is 0 Å². The zero-order chi connectivity index (χ0) is 15.0. The number of rotatable bonds is 6. The van der Waals surface area contributed by atoms with Crippen LogP contribution in [0.15, 0.2) is 0 Å². The van der Waals surface area contributed by atoms with E-state index in [1.54, 1.807) is 4.90 Å². The van der Waals surface area contributed by atoms with Crippen LogP contribution in [0.4, 0.5) is 4.79 Å². The molecule has 0 aromatic rings. The molecule has 6 nitrogen and oxygen atoms in total. The normalized spacial score (nSPS) is 16.1. The Bertz CT molecular complexity index is 311. The van der Waals surface area contributed by atoms with E-state index in [0.717, 1.165) is 25.9 Å². The second-order valence-corrected chi connectivity index (χ2v) is 4.91. The topological polar surface area (TPSA) is 61.9 Å². The second kappa shape index (κ2) is 8.79. The monoisotopic (exact) mass is 285 g/mol. The molecule has 2 amide bonds. The molecule has 0 atom stereocenters. The van der Waals surface area contributed by atoms with E-state index < -0.39 is 0 Å². The number of carbonyl (C=O) groups excluding carboxylic acids is 2. The van der Waals surface area contributed by atoms with E-state index in [4.69, 9.17) is 4.74 Å². The summed E-state index contributed by atoms with van der Waals surface area (Å²) in [6.07, 6.45) is 1.50. The van der Waals surface area contributed by atoms with Crippen LogP contribution in [0.25, 0.3) is 0 Å². The molecule has 6 heteroatoms. The first-order chi connectivity index (χ1) is 9.62. The summed E-state index contributed by atoms with van der Waals surface area (Å²) in [7, 11) is 0. The Morgan fingerprint density at radius 1 is 1.20 bits per heavy atom. The predicted molar refractivity (Wildman–Crippen MR) is 77.5 cm³/mol. The van der Waals surface area contributed by atoms with Crippen molar-refractivity contribution in [2.24, 2.45) is 0 Å². The van der Waals surface area contributed by atoms with Crippen molar-refractivity contribution in [1.29, 1.82) is 0 Å². The lowest BCUT2D eigenvalue weighted by Crippen LogP contribution is -2.48. The number of hydrogen-bond acceptors (Lipinski definition) is 4. The maximum atomic E-state index is 11.9. The lowest BCUT2D eigenvalue weighted by atomic mass is 10.1. The van der Waals surface area contributed by atoms with Gasteiger partial charge in [-0.05, 0) is 33.6 Å². The van der Waals surface area contributed by atoms with Gasteiger partial charge in [0.2, 0.25) is 5.91 Å². The van der Waals surface area contributed by atoms with Crippen LogP contribution in [0.5, 0.6) is 0 Å². The molecule has 1 aliphatic heterocycles. The molecular formula is C14H27N3O3. The van der Waals surface area contributed by atoms with Crippen LogP contribution in [0.1, 0.15) is 33.6 Å². The highest BCUT2D eigenvalue weighted by Crippen LogP contribution is 2.11. The van der Waals surface area contributed by atoms with E-state index in [2.05, 4.69) is 5.32 Å². The smallest absolute Gasteiger partial charge is 0.409 e. The van der Waals surface area contributed by atoms with Crippen molar-refractivity contribution in [3.8, 4) is 0 Å². The van der Waals surface area contributed by atoms with E-state index >= 15 is 0 Å². The summed E-state index contributed by atoms with van der Waals surface area (Å²) in [4.78, 5) is 27.0. The average Bonchev–Trinajstić information content (AvgIpc) is 2.47. The fraction of sp³-hybridized carbons (Fsp3) is 0.857. The van der Waals surface area contributed by atoms with Crippen molar-refractivity contribution in [2.45, 2.75) is 39.7 Å². The molecule has 0 saturated carbocycles. The molecule has 1 aliphatic rings. The van der Waals surface area contributed by atoms with E-state index in [1.807, 2.05) is 25.7 Å². The minimum absolute atomic E-state index is 0.142. The molecule has 0 bridgehead atoms. The van der Waals surface area contributed by atoms with Crippen molar-refractivity contribution in [3.05, 3.63) is 0 Å². The summed E-state index contributed by atoms with van der Waals surface area (Å²) >= 11 is 0. The lowest BCUT2D eigenvalue weighted by molar-refractivity contribution is -0.130. The highest BCUT2D eigenvalue weighted by Gasteiger charge is 2.23. The summed E-state index contributed by atoms with van der Waals surface area (Å²) in [6.45, 7) is 9.45. The summed E-state index contributed by atoms with van der Waals surface area (Å²) in [6, 6.07) is 0.306. The van der Waals surface area contributed by atoms with Gasteiger partial charge in [-0.15, -0.1) is 0 Å². The van der Waals surface area contributed by atoms with E-state index in [-0.39, 0.29) is 12.0 Å². The van der Waals surface area contributed by atoms with Crippen molar-refractivity contribution in [1.82, 2.24) is 15.1 Å². The minimum Gasteiger partial charge on any atom is -0.450 e. The number of nitrogens with zero attached hydrogens (tertiary/aromatic N) is 2. The molecule has 20 heavy (non-hydrogen) atoms. The first-order valence-corrected chi connectivity index (χ1v) is 7.55. The number of amides is 2. The minimum atomic E-state index is -0.231. The van der Waals surface area contributed by atoms with E-state index in [0.29, 0.717) is 32.3 Å². The van der Waals surface area contributed by atoms with Gasteiger partial charge in [0.25, 0.3) is 0 Å². The van der Waals surface area contributed by atoms with Crippen molar-refractivity contribution < 1.29 is 14.3 Å². The zero-order valence-corrected chi connectivity index (χ0v) is 12.9. The van der Waals surface area contributed by atoms with Crippen LogP contribution in [0, 0.1) is 0 Å². The quantitative estimate of drug-likeness (QED) is 0.793. The molecule has 1 N–H and O–H groups in total. The van der Waals surface area contributed by atoms with Crippen LogP contribution >= 0.6 is 0 Å². The molecular weight excluding hydrogens is 258 g/mol.